The van der Waals surface area contributed by atoms with Crippen LogP contribution in [0.25, 0.3) is 0 Å². The highest BCUT2D eigenvalue weighted by molar-refractivity contribution is 5.65. The van der Waals surface area contributed by atoms with Crippen LogP contribution >= 0.6 is 0 Å². The highest BCUT2D eigenvalue weighted by Crippen LogP contribution is 2.12. The Morgan fingerprint density at radius 1 is 1.38 bits per heavy atom. The fourth-order valence-corrected chi connectivity index (χ4v) is 0.822. The first-order valence-electron chi connectivity index (χ1n) is 3.73. The smallest absolute Gasteiger partial charge is 0.302 e. The molecule has 0 unspecified atom stereocenters. The second kappa shape index (κ2) is 4.45. The fraction of sp³-hybridized carbons (Fsp3) is 0.222. The molecule has 0 aliphatic heterocycles. The van der Waals surface area contributed by atoms with E-state index in [0.29, 0.717) is 0 Å². The van der Waals surface area contributed by atoms with E-state index < -0.39 is 0 Å². The lowest BCUT2D eigenvalue weighted by molar-refractivity contribution is -0.142. The van der Waals surface area contributed by atoms with Crippen molar-refractivity contribution in [2.75, 3.05) is 0 Å². The van der Waals surface area contributed by atoms with Crippen LogP contribution in [0.1, 0.15) is 12.5 Å². The van der Waals surface area contributed by atoms with Gasteiger partial charge in [-0.3, -0.25) is 9.74 Å². The summed E-state index contributed by atoms with van der Waals surface area (Å²) in [5, 5.41) is 0. The summed E-state index contributed by atoms with van der Waals surface area (Å²) in [7, 11) is 0. The van der Waals surface area contributed by atoms with Gasteiger partial charge in [-0.25, -0.2) is 0 Å². The third-order valence-electron chi connectivity index (χ3n) is 1.45. The van der Waals surface area contributed by atoms with Crippen molar-refractivity contribution < 1.29 is 19.0 Å². The van der Waals surface area contributed by atoms with Crippen LogP contribution in [0.3, 0.4) is 0 Å². The molecule has 0 aliphatic carbocycles. The average molecular weight is 184 g/mol. The normalized spacial score (nSPS) is 9.38. The summed E-state index contributed by atoms with van der Waals surface area (Å²) in [6.45, 7) is 1.53. The molecule has 1 aromatic carbocycles. The van der Waals surface area contributed by atoms with E-state index in [9.17, 15) is 9.32 Å². The van der Waals surface area contributed by atoms with Crippen molar-refractivity contribution in [3.63, 3.8) is 0 Å². The van der Waals surface area contributed by atoms with Crippen LogP contribution in [0.2, 0.25) is 0 Å². The molecule has 0 bridgehead atoms. The summed E-state index contributed by atoms with van der Waals surface area (Å²) >= 11 is 0. The number of hydrogen-bond acceptors (Lipinski definition) is 3. The van der Waals surface area contributed by atoms with Gasteiger partial charge in [0.05, 0.1) is 0 Å². The summed E-state index contributed by atoms with van der Waals surface area (Å²) in [5.74, 6) is -0.211. The van der Waals surface area contributed by atoms with E-state index in [0.717, 1.165) is 5.56 Å². The molecule has 13 heavy (non-hydrogen) atoms. The zero-order chi connectivity index (χ0) is 9.68. The Kier molecular flexibility index (Phi) is 3.25. The molecule has 0 radical (unpaired) electrons. The lowest BCUT2D eigenvalue weighted by Gasteiger charge is -2.01. The molecule has 0 fully saturated rings. The first-order chi connectivity index (χ1) is 6.22. The minimum absolute atomic E-state index is 0.131. The van der Waals surface area contributed by atoms with Crippen molar-refractivity contribution in [2.45, 2.75) is 13.5 Å². The van der Waals surface area contributed by atoms with Gasteiger partial charge < -0.3 is 4.74 Å². The highest BCUT2D eigenvalue weighted by Gasteiger charge is 1.97. The second-order valence-corrected chi connectivity index (χ2v) is 2.50. The Morgan fingerprint density at radius 3 is 2.46 bits per heavy atom. The Balaban J connectivity index is 2.54. The third-order valence-corrected chi connectivity index (χ3v) is 1.45. The quantitative estimate of drug-likeness (QED) is 0.674. The molecule has 0 aromatic heterocycles. The molecule has 0 aliphatic rings. The number of rotatable bonds is 3. The molecule has 0 atom stereocenters. The maximum Gasteiger partial charge on any atom is 0.302 e. The monoisotopic (exact) mass is 184 g/mol. The summed E-state index contributed by atoms with van der Waals surface area (Å²) in [5.41, 5.74) is 0.788. The van der Waals surface area contributed by atoms with Crippen molar-refractivity contribution in [3.8, 4) is 5.75 Å². The molecule has 0 amide bonds. The minimum Gasteiger partial charge on any atom is -0.461 e. The molecule has 0 N–H and O–H groups in total. The Bertz CT molecular complexity index is 281. The van der Waals surface area contributed by atoms with E-state index in [1.807, 2.05) is 0 Å². The van der Waals surface area contributed by atoms with E-state index in [1.165, 1.54) is 19.1 Å². The van der Waals surface area contributed by atoms with Crippen molar-refractivity contribution in [1.82, 2.24) is 0 Å². The van der Waals surface area contributed by atoms with E-state index >= 15 is 0 Å². The molecule has 0 spiro atoms. The van der Waals surface area contributed by atoms with Gasteiger partial charge in [-0.15, -0.1) is 0 Å². The first-order valence-corrected chi connectivity index (χ1v) is 3.73. The fourth-order valence-electron chi connectivity index (χ4n) is 0.822. The molecule has 70 valence electrons. The van der Waals surface area contributed by atoms with Gasteiger partial charge in [0.15, 0.2) is 5.75 Å². The molecule has 0 heterocycles. The number of carbonyl (C=O) groups excluding carboxylic acids is 1. The molecule has 4 heteroatoms. The summed E-state index contributed by atoms with van der Waals surface area (Å²) < 4.78 is 16.3. The molecule has 0 saturated carbocycles. The molecule has 1 aromatic rings. The van der Waals surface area contributed by atoms with E-state index in [2.05, 4.69) is 4.94 Å². The molecular formula is C9H9FO3. The van der Waals surface area contributed by atoms with Gasteiger partial charge in [0.1, 0.15) is 6.61 Å². The molecule has 3 nitrogen and oxygen atoms in total. The summed E-state index contributed by atoms with van der Waals surface area (Å²) in [4.78, 5) is 13.9. The third kappa shape index (κ3) is 3.11. The van der Waals surface area contributed by atoms with E-state index in [-0.39, 0.29) is 18.3 Å². The standard InChI is InChI=1S/C9H9FO3/c1-7(11)12-6-8-2-4-9(13-10)5-3-8/h2-5H,6H2,1H3. The Hall–Kier alpha value is -1.58. The van der Waals surface area contributed by atoms with Crippen LogP contribution in [0.4, 0.5) is 4.53 Å². The van der Waals surface area contributed by atoms with Crippen molar-refractivity contribution in [1.29, 1.82) is 0 Å². The topological polar surface area (TPSA) is 35.5 Å². The highest BCUT2D eigenvalue weighted by atomic mass is 19.3. The molecule has 0 saturated heterocycles. The van der Waals surface area contributed by atoms with Crippen LogP contribution < -0.4 is 4.94 Å². The van der Waals surface area contributed by atoms with Crippen molar-refractivity contribution in [2.24, 2.45) is 0 Å². The Labute approximate surface area is 75.0 Å². The minimum atomic E-state index is -0.342. The van der Waals surface area contributed by atoms with E-state index in [4.69, 9.17) is 4.74 Å². The largest absolute Gasteiger partial charge is 0.461 e. The molecular weight excluding hydrogens is 175 g/mol. The van der Waals surface area contributed by atoms with Gasteiger partial charge in [-0.1, -0.05) is 12.1 Å². The Morgan fingerprint density at radius 2 is 2.00 bits per heavy atom. The van der Waals surface area contributed by atoms with Gasteiger partial charge in [-0.2, -0.15) is 0 Å². The van der Waals surface area contributed by atoms with Gasteiger partial charge in [0, 0.05) is 11.4 Å². The predicted octanol–water partition coefficient (Wildman–Crippen LogP) is 2.01. The van der Waals surface area contributed by atoms with Crippen LogP contribution in [-0.4, -0.2) is 5.97 Å². The van der Waals surface area contributed by atoms with Gasteiger partial charge >= 0.3 is 5.97 Å². The van der Waals surface area contributed by atoms with Crippen LogP contribution in [0, 0.1) is 0 Å². The average Bonchev–Trinajstić information content (AvgIpc) is 2.15. The number of hydrogen-bond donors (Lipinski definition) is 0. The number of ether oxygens (including phenoxy) is 1. The van der Waals surface area contributed by atoms with Crippen LogP contribution in [0.15, 0.2) is 24.3 Å². The number of benzene rings is 1. The van der Waals surface area contributed by atoms with Gasteiger partial charge in [0.2, 0.25) is 0 Å². The SMILES string of the molecule is CC(=O)OCc1ccc(OF)cc1. The lowest BCUT2D eigenvalue weighted by Crippen LogP contribution is -1.98. The van der Waals surface area contributed by atoms with Crippen molar-refractivity contribution in [3.05, 3.63) is 29.8 Å². The van der Waals surface area contributed by atoms with E-state index in [1.54, 1.807) is 12.1 Å². The van der Waals surface area contributed by atoms with Gasteiger partial charge in [0.25, 0.3) is 0 Å². The van der Waals surface area contributed by atoms with Gasteiger partial charge in [-0.05, 0) is 17.7 Å². The number of esters is 1. The number of carbonyl (C=O) groups is 1. The summed E-state index contributed by atoms with van der Waals surface area (Å²) in [6.07, 6.45) is 0. The van der Waals surface area contributed by atoms with Crippen LogP contribution in [0.5, 0.6) is 5.75 Å². The lowest BCUT2D eigenvalue weighted by atomic mass is 10.2. The molecule has 1 rings (SSSR count). The number of halogens is 1. The maximum absolute atomic E-state index is 11.6. The first kappa shape index (κ1) is 9.51. The summed E-state index contributed by atoms with van der Waals surface area (Å²) in [6, 6.07) is 6.16. The van der Waals surface area contributed by atoms with Crippen LogP contribution in [-0.2, 0) is 16.1 Å². The predicted molar refractivity (Wildman–Crippen MR) is 43.6 cm³/mol. The zero-order valence-electron chi connectivity index (χ0n) is 7.12. The second-order valence-electron chi connectivity index (χ2n) is 2.50. The maximum atomic E-state index is 11.6. The zero-order valence-corrected chi connectivity index (χ0v) is 7.12. The van der Waals surface area contributed by atoms with Crippen molar-refractivity contribution >= 4 is 5.97 Å².